The van der Waals surface area contributed by atoms with Crippen molar-refractivity contribution in [1.29, 1.82) is 0 Å². The van der Waals surface area contributed by atoms with Crippen molar-refractivity contribution in [1.82, 2.24) is 4.90 Å². The number of nitro groups is 1. The second-order valence-electron chi connectivity index (χ2n) is 6.18. The van der Waals surface area contributed by atoms with Gasteiger partial charge in [-0.1, -0.05) is 6.07 Å². The summed E-state index contributed by atoms with van der Waals surface area (Å²) >= 11 is 1.35. The quantitative estimate of drug-likeness (QED) is 0.419. The van der Waals surface area contributed by atoms with Gasteiger partial charge >= 0.3 is 0 Å². The summed E-state index contributed by atoms with van der Waals surface area (Å²) in [7, 11) is -4.04. The molecule has 0 atom stereocenters. The SMILES string of the molecule is CSc1ccc(S(=O)(=O)Nc2cccc([N+](=O)[O-])c2)cc1C(=O)N1CCOCC1. The smallest absolute Gasteiger partial charge is 0.271 e. The molecule has 1 aliphatic heterocycles. The highest BCUT2D eigenvalue weighted by Crippen LogP contribution is 2.27. The summed E-state index contributed by atoms with van der Waals surface area (Å²) in [5.41, 5.74) is 0.127. The van der Waals surface area contributed by atoms with E-state index in [0.29, 0.717) is 36.8 Å². The number of benzene rings is 2. The number of amides is 1. The first-order valence-corrected chi connectivity index (χ1v) is 11.3. The van der Waals surface area contributed by atoms with Crippen LogP contribution in [0.2, 0.25) is 0 Å². The number of anilines is 1. The molecule has 3 rings (SSSR count). The Morgan fingerprint density at radius 3 is 2.59 bits per heavy atom. The van der Waals surface area contributed by atoms with E-state index in [4.69, 9.17) is 4.74 Å². The number of carbonyl (C=O) groups excluding carboxylic acids is 1. The van der Waals surface area contributed by atoms with Crippen LogP contribution < -0.4 is 4.72 Å². The summed E-state index contributed by atoms with van der Waals surface area (Å²) in [5, 5.41) is 10.9. The van der Waals surface area contributed by atoms with Crippen LogP contribution in [-0.4, -0.2) is 56.7 Å². The number of hydrogen-bond acceptors (Lipinski definition) is 7. The van der Waals surface area contributed by atoms with E-state index in [2.05, 4.69) is 4.72 Å². The third-order valence-corrected chi connectivity index (χ3v) is 6.49. The third kappa shape index (κ3) is 4.86. The Labute approximate surface area is 172 Å². The minimum absolute atomic E-state index is 0.0641. The first-order valence-electron chi connectivity index (χ1n) is 8.64. The summed E-state index contributed by atoms with van der Waals surface area (Å²) in [4.78, 5) is 25.4. The van der Waals surface area contributed by atoms with E-state index in [0.717, 1.165) is 6.07 Å². The number of sulfonamides is 1. The average Bonchev–Trinajstić information content (AvgIpc) is 2.73. The number of rotatable bonds is 6. The van der Waals surface area contributed by atoms with Gasteiger partial charge in [0.05, 0.1) is 34.3 Å². The molecule has 0 bridgehead atoms. The highest BCUT2D eigenvalue weighted by atomic mass is 32.2. The Morgan fingerprint density at radius 2 is 1.93 bits per heavy atom. The third-order valence-electron chi connectivity index (χ3n) is 4.32. The van der Waals surface area contributed by atoms with E-state index in [9.17, 15) is 23.3 Å². The van der Waals surface area contributed by atoms with E-state index in [1.807, 2.05) is 0 Å². The van der Waals surface area contributed by atoms with Gasteiger partial charge in [-0.15, -0.1) is 11.8 Å². The first kappa shape index (κ1) is 21.1. The molecule has 0 saturated carbocycles. The molecule has 154 valence electrons. The van der Waals surface area contributed by atoms with Gasteiger partial charge in [0.2, 0.25) is 0 Å². The molecule has 1 amide bonds. The van der Waals surface area contributed by atoms with Crippen LogP contribution in [0.25, 0.3) is 0 Å². The lowest BCUT2D eigenvalue weighted by atomic mass is 10.2. The predicted octanol–water partition coefficient (Wildman–Crippen LogP) is 2.59. The summed E-state index contributed by atoms with van der Waals surface area (Å²) in [5.74, 6) is -0.259. The lowest BCUT2D eigenvalue weighted by molar-refractivity contribution is -0.384. The highest BCUT2D eigenvalue weighted by Gasteiger charge is 2.24. The van der Waals surface area contributed by atoms with Crippen LogP contribution in [0, 0.1) is 10.1 Å². The van der Waals surface area contributed by atoms with Crippen molar-refractivity contribution >= 4 is 39.1 Å². The minimum atomic E-state index is -4.04. The molecule has 0 aromatic heterocycles. The number of nitrogens with zero attached hydrogens (tertiary/aromatic N) is 2. The number of ether oxygens (including phenoxy) is 1. The number of nitrogens with one attached hydrogen (secondary N) is 1. The summed E-state index contributed by atoms with van der Waals surface area (Å²) < 4.78 is 33.2. The van der Waals surface area contributed by atoms with E-state index >= 15 is 0 Å². The van der Waals surface area contributed by atoms with Crippen LogP contribution in [0.3, 0.4) is 0 Å². The highest BCUT2D eigenvalue weighted by molar-refractivity contribution is 7.98. The molecule has 0 unspecified atom stereocenters. The minimum Gasteiger partial charge on any atom is -0.378 e. The number of nitro benzene ring substituents is 1. The fourth-order valence-electron chi connectivity index (χ4n) is 2.86. The summed E-state index contributed by atoms with van der Waals surface area (Å²) in [6, 6.07) is 9.53. The molecule has 1 heterocycles. The normalized spacial score (nSPS) is 14.4. The fraction of sp³-hybridized carbons (Fsp3) is 0.278. The second-order valence-corrected chi connectivity index (χ2v) is 8.71. The van der Waals surface area contributed by atoms with Gasteiger partial charge in [0.15, 0.2) is 0 Å². The largest absolute Gasteiger partial charge is 0.378 e. The zero-order valence-electron chi connectivity index (χ0n) is 15.5. The maximum absolute atomic E-state index is 12.9. The molecule has 1 saturated heterocycles. The summed E-state index contributed by atoms with van der Waals surface area (Å²) in [6.45, 7) is 1.75. The van der Waals surface area contributed by atoms with Gasteiger partial charge in [0.1, 0.15) is 0 Å². The number of hydrogen-bond donors (Lipinski definition) is 1. The van der Waals surface area contributed by atoms with E-state index in [1.165, 1.54) is 42.1 Å². The van der Waals surface area contributed by atoms with Crippen LogP contribution in [0.1, 0.15) is 10.4 Å². The van der Waals surface area contributed by atoms with Crippen molar-refractivity contribution in [2.24, 2.45) is 0 Å². The van der Waals surface area contributed by atoms with Gasteiger partial charge in [-0.2, -0.15) is 0 Å². The maximum Gasteiger partial charge on any atom is 0.271 e. The Bertz CT molecular complexity index is 1040. The van der Waals surface area contributed by atoms with Crippen LogP contribution in [0.5, 0.6) is 0 Å². The molecule has 1 N–H and O–H groups in total. The van der Waals surface area contributed by atoms with E-state index in [-0.39, 0.29) is 22.2 Å². The van der Waals surface area contributed by atoms with Crippen molar-refractivity contribution < 1.29 is 22.9 Å². The molecule has 2 aromatic rings. The number of thioether (sulfide) groups is 1. The Hall–Kier alpha value is -2.63. The van der Waals surface area contributed by atoms with Gasteiger partial charge in [-0.3, -0.25) is 19.6 Å². The molecule has 2 aromatic carbocycles. The van der Waals surface area contributed by atoms with E-state index < -0.39 is 14.9 Å². The van der Waals surface area contributed by atoms with Crippen molar-refractivity contribution in [2.45, 2.75) is 9.79 Å². The lowest BCUT2D eigenvalue weighted by Gasteiger charge is -2.27. The van der Waals surface area contributed by atoms with Gasteiger partial charge in [0, 0.05) is 30.1 Å². The monoisotopic (exact) mass is 437 g/mol. The number of non-ortho nitro benzene ring substituents is 1. The van der Waals surface area contributed by atoms with Crippen molar-refractivity contribution in [3.63, 3.8) is 0 Å². The van der Waals surface area contributed by atoms with Crippen molar-refractivity contribution in [3.05, 3.63) is 58.1 Å². The first-order chi connectivity index (χ1) is 13.8. The standard InChI is InChI=1S/C18H19N3O6S2/c1-28-17-6-5-15(12-16(17)18(22)20-7-9-27-10-8-20)29(25,26)19-13-3-2-4-14(11-13)21(23)24/h2-6,11-12,19H,7-10H2,1H3. The van der Waals surface area contributed by atoms with E-state index in [1.54, 1.807) is 17.2 Å². The Kier molecular flexibility index (Phi) is 6.40. The van der Waals surface area contributed by atoms with Gasteiger partial charge in [0.25, 0.3) is 21.6 Å². The second kappa shape index (κ2) is 8.80. The zero-order valence-corrected chi connectivity index (χ0v) is 17.2. The van der Waals surface area contributed by atoms with Crippen molar-refractivity contribution in [2.75, 3.05) is 37.3 Å². The van der Waals surface area contributed by atoms with Gasteiger partial charge in [-0.05, 0) is 30.5 Å². The van der Waals surface area contributed by atoms with Crippen LogP contribution >= 0.6 is 11.8 Å². The Balaban J connectivity index is 1.92. The van der Waals surface area contributed by atoms with Crippen molar-refractivity contribution in [3.8, 4) is 0 Å². The molecular formula is C18H19N3O6S2. The molecule has 0 aliphatic carbocycles. The number of morpholine rings is 1. The molecular weight excluding hydrogens is 418 g/mol. The Morgan fingerprint density at radius 1 is 1.21 bits per heavy atom. The fourth-order valence-corrected chi connectivity index (χ4v) is 4.50. The molecule has 0 spiro atoms. The summed E-state index contributed by atoms with van der Waals surface area (Å²) in [6.07, 6.45) is 1.81. The maximum atomic E-state index is 12.9. The molecule has 29 heavy (non-hydrogen) atoms. The van der Waals surface area contributed by atoms with Gasteiger partial charge < -0.3 is 9.64 Å². The average molecular weight is 437 g/mol. The molecule has 1 aliphatic rings. The molecule has 9 nitrogen and oxygen atoms in total. The van der Waals surface area contributed by atoms with Crippen LogP contribution in [0.4, 0.5) is 11.4 Å². The molecule has 0 radical (unpaired) electrons. The van der Waals surface area contributed by atoms with Gasteiger partial charge in [-0.25, -0.2) is 8.42 Å². The predicted molar refractivity (Wildman–Crippen MR) is 109 cm³/mol. The topological polar surface area (TPSA) is 119 Å². The number of carbonyl (C=O) groups is 1. The zero-order chi connectivity index (χ0) is 21.0. The van der Waals surface area contributed by atoms with Crippen LogP contribution in [0.15, 0.2) is 52.3 Å². The molecule has 11 heteroatoms. The lowest BCUT2D eigenvalue weighted by Crippen LogP contribution is -2.40. The molecule has 1 fully saturated rings. The van der Waals surface area contributed by atoms with Crippen LogP contribution in [-0.2, 0) is 14.8 Å².